The first-order valence-electron chi connectivity index (χ1n) is 10.6. The normalized spacial score (nSPS) is 22.7. The molecule has 0 aliphatic carbocycles. The molecule has 30 heavy (non-hydrogen) atoms. The standard InChI is InChI=1S/C23H38O6Si/c1-22(2,3)30(7,8)27-16-18(26-15-17-12-10-9-11-13-17)14-19-20(21(24)25-6)29-23(4,5)28-19/h9-13,18-20H,14-16H2,1-8H3/t18-,19-,20-/m0/s1. The van der Waals surface area contributed by atoms with Crippen LogP contribution < -0.4 is 0 Å². The maximum Gasteiger partial charge on any atom is 0.337 e. The zero-order valence-corrected chi connectivity index (χ0v) is 20.7. The molecule has 1 aliphatic rings. The van der Waals surface area contributed by atoms with E-state index in [0.29, 0.717) is 19.6 Å². The van der Waals surface area contributed by atoms with E-state index in [4.69, 9.17) is 23.4 Å². The first-order valence-corrected chi connectivity index (χ1v) is 13.5. The van der Waals surface area contributed by atoms with Gasteiger partial charge in [-0.15, -0.1) is 0 Å². The summed E-state index contributed by atoms with van der Waals surface area (Å²) in [5.74, 6) is -1.29. The van der Waals surface area contributed by atoms with E-state index in [2.05, 4.69) is 33.9 Å². The molecule has 1 heterocycles. The van der Waals surface area contributed by atoms with Crippen LogP contribution in [0.2, 0.25) is 18.1 Å². The maximum absolute atomic E-state index is 12.2. The fraction of sp³-hybridized carbons (Fsp3) is 0.696. The molecule has 1 fully saturated rings. The molecule has 0 N–H and O–H groups in total. The van der Waals surface area contributed by atoms with Crippen molar-refractivity contribution in [1.82, 2.24) is 0 Å². The second kappa shape index (κ2) is 9.91. The second-order valence-electron chi connectivity index (χ2n) is 9.84. The van der Waals surface area contributed by atoms with Crippen LogP contribution in [-0.2, 0) is 34.8 Å². The van der Waals surface area contributed by atoms with E-state index in [1.807, 2.05) is 30.3 Å². The summed E-state index contributed by atoms with van der Waals surface area (Å²) in [6.45, 7) is 15.6. The van der Waals surface area contributed by atoms with Crippen molar-refractivity contribution in [2.75, 3.05) is 13.7 Å². The fourth-order valence-corrected chi connectivity index (χ4v) is 4.11. The fourth-order valence-electron chi connectivity index (χ4n) is 3.07. The minimum absolute atomic E-state index is 0.0977. The highest BCUT2D eigenvalue weighted by molar-refractivity contribution is 6.74. The molecule has 3 atom stereocenters. The van der Waals surface area contributed by atoms with Crippen LogP contribution in [0.25, 0.3) is 0 Å². The Bertz CT molecular complexity index is 683. The Hall–Kier alpha value is -1.25. The second-order valence-corrected chi connectivity index (χ2v) is 14.7. The third-order valence-electron chi connectivity index (χ3n) is 5.88. The smallest absolute Gasteiger partial charge is 0.337 e. The summed E-state index contributed by atoms with van der Waals surface area (Å²) in [7, 11) is -0.590. The quantitative estimate of drug-likeness (QED) is 0.412. The van der Waals surface area contributed by atoms with E-state index in [1.165, 1.54) is 7.11 Å². The molecule has 2 rings (SSSR count). The Morgan fingerprint density at radius 1 is 1.17 bits per heavy atom. The average Bonchev–Trinajstić information content (AvgIpc) is 2.97. The number of rotatable bonds is 9. The first-order chi connectivity index (χ1) is 13.8. The largest absolute Gasteiger partial charge is 0.467 e. The summed E-state index contributed by atoms with van der Waals surface area (Å²) >= 11 is 0. The Morgan fingerprint density at radius 2 is 1.80 bits per heavy atom. The van der Waals surface area contributed by atoms with Crippen molar-refractivity contribution >= 4 is 14.3 Å². The van der Waals surface area contributed by atoms with E-state index >= 15 is 0 Å². The van der Waals surface area contributed by atoms with Crippen LogP contribution in [0.15, 0.2) is 30.3 Å². The maximum atomic E-state index is 12.2. The predicted octanol–water partition coefficient (Wildman–Crippen LogP) is 4.68. The van der Waals surface area contributed by atoms with Crippen LogP contribution in [-0.4, -0.2) is 52.1 Å². The first kappa shape index (κ1) is 25.0. The molecular weight excluding hydrogens is 400 g/mol. The molecule has 0 aromatic heterocycles. The third kappa shape index (κ3) is 6.88. The molecule has 0 saturated carbocycles. The van der Waals surface area contributed by atoms with Crippen molar-refractivity contribution in [2.24, 2.45) is 0 Å². The molecular formula is C23H38O6Si. The van der Waals surface area contributed by atoms with E-state index in [1.54, 1.807) is 13.8 Å². The number of benzene rings is 1. The molecule has 1 aliphatic heterocycles. The average molecular weight is 439 g/mol. The zero-order valence-electron chi connectivity index (χ0n) is 19.7. The van der Waals surface area contributed by atoms with Gasteiger partial charge in [-0.2, -0.15) is 0 Å². The molecule has 6 nitrogen and oxygen atoms in total. The van der Waals surface area contributed by atoms with Gasteiger partial charge in [0.15, 0.2) is 20.2 Å². The Morgan fingerprint density at radius 3 is 2.37 bits per heavy atom. The molecule has 0 spiro atoms. The van der Waals surface area contributed by atoms with E-state index in [-0.39, 0.29) is 11.1 Å². The van der Waals surface area contributed by atoms with Gasteiger partial charge in [-0.3, -0.25) is 0 Å². The highest BCUT2D eigenvalue weighted by Crippen LogP contribution is 2.37. The lowest BCUT2D eigenvalue weighted by atomic mass is 10.1. The van der Waals surface area contributed by atoms with Crippen LogP contribution in [0.3, 0.4) is 0 Å². The van der Waals surface area contributed by atoms with Crippen molar-refractivity contribution < 1.29 is 28.2 Å². The number of carbonyl (C=O) groups is 1. The topological polar surface area (TPSA) is 63.2 Å². The minimum atomic E-state index is -1.95. The van der Waals surface area contributed by atoms with Gasteiger partial charge in [0.2, 0.25) is 0 Å². The highest BCUT2D eigenvalue weighted by atomic mass is 28.4. The molecule has 1 aromatic rings. The van der Waals surface area contributed by atoms with E-state index < -0.39 is 32.3 Å². The van der Waals surface area contributed by atoms with Gasteiger partial charge in [0.1, 0.15) is 6.10 Å². The number of ether oxygens (including phenoxy) is 4. The monoisotopic (exact) mass is 438 g/mol. The van der Waals surface area contributed by atoms with E-state index in [9.17, 15) is 4.79 Å². The molecule has 1 saturated heterocycles. The van der Waals surface area contributed by atoms with Crippen LogP contribution >= 0.6 is 0 Å². The number of hydrogen-bond donors (Lipinski definition) is 0. The highest BCUT2D eigenvalue weighted by Gasteiger charge is 2.47. The number of esters is 1. The minimum Gasteiger partial charge on any atom is -0.467 e. The molecule has 0 amide bonds. The number of carbonyl (C=O) groups excluding carboxylic acids is 1. The summed E-state index contributed by atoms with van der Waals surface area (Å²) in [4.78, 5) is 12.2. The molecule has 0 bridgehead atoms. The van der Waals surface area contributed by atoms with Gasteiger partial charge in [-0.05, 0) is 37.5 Å². The summed E-state index contributed by atoms with van der Waals surface area (Å²) in [6, 6.07) is 10.0. The van der Waals surface area contributed by atoms with Crippen molar-refractivity contribution in [3.63, 3.8) is 0 Å². The van der Waals surface area contributed by atoms with Gasteiger partial charge < -0.3 is 23.4 Å². The SMILES string of the molecule is COC(=O)[C@H]1OC(C)(C)O[C@H]1C[C@@H](CO[Si](C)(C)C(C)(C)C)OCc1ccccc1. The van der Waals surface area contributed by atoms with E-state index in [0.717, 1.165) is 5.56 Å². The van der Waals surface area contributed by atoms with Crippen molar-refractivity contribution in [3.8, 4) is 0 Å². The van der Waals surface area contributed by atoms with Gasteiger partial charge >= 0.3 is 5.97 Å². The molecule has 1 aromatic carbocycles. The van der Waals surface area contributed by atoms with Crippen molar-refractivity contribution in [2.45, 2.75) is 89.9 Å². The lowest BCUT2D eigenvalue weighted by molar-refractivity contribution is -0.168. The van der Waals surface area contributed by atoms with Gasteiger partial charge in [0, 0.05) is 6.42 Å². The molecule has 170 valence electrons. The van der Waals surface area contributed by atoms with Crippen LogP contribution in [0, 0.1) is 0 Å². The van der Waals surface area contributed by atoms with Crippen LogP contribution in [0.5, 0.6) is 0 Å². The molecule has 7 heteroatoms. The zero-order chi connectivity index (χ0) is 22.6. The lowest BCUT2D eigenvalue weighted by Crippen LogP contribution is -2.44. The molecule has 0 radical (unpaired) electrons. The van der Waals surface area contributed by atoms with Gasteiger partial charge in [-0.25, -0.2) is 4.79 Å². The van der Waals surface area contributed by atoms with Crippen LogP contribution in [0.1, 0.15) is 46.6 Å². The summed E-state index contributed by atoms with van der Waals surface area (Å²) in [6.07, 6.45) is -1.00. The summed E-state index contributed by atoms with van der Waals surface area (Å²) in [5.41, 5.74) is 1.09. The Kier molecular flexibility index (Phi) is 8.27. The molecule has 0 unspecified atom stereocenters. The number of methoxy groups -OCH3 is 1. The summed E-state index contributed by atoms with van der Waals surface area (Å²) in [5, 5.41) is 0.0977. The van der Waals surface area contributed by atoms with Crippen LogP contribution in [0.4, 0.5) is 0 Å². The van der Waals surface area contributed by atoms with Gasteiger partial charge in [-0.1, -0.05) is 51.1 Å². The third-order valence-corrected chi connectivity index (χ3v) is 10.4. The van der Waals surface area contributed by atoms with Gasteiger partial charge in [0.05, 0.1) is 26.4 Å². The summed E-state index contributed by atoms with van der Waals surface area (Å²) < 4.78 is 29.4. The lowest BCUT2D eigenvalue weighted by Gasteiger charge is -2.37. The predicted molar refractivity (Wildman–Crippen MR) is 119 cm³/mol. The van der Waals surface area contributed by atoms with Crippen molar-refractivity contribution in [3.05, 3.63) is 35.9 Å². The Balaban J connectivity index is 2.12. The Labute approximate surface area is 182 Å². The van der Waals surface area contributed by atoms with Gasteiger partial charge in [0.25, 0.3) is 0 Å². The number of hydrogen-bond acceptors (Lipinski definition) is 6. The van der Waals surface area contributed by atoms with Crippen molar-refractivity contribution in [1.29, 1.82) is 0 Å².